The highest BCUT2D eigenvalue weighted by molar-refractivity contribution is 6.28. The van der Waals surface area contributed by atoms with Crippen LogP contribution in [0.25, 0.3) is 0 Å². The monoisotopic (exact) mass is 297 g/mol. The molecule has 1 saturated heterocycles. The Labute approximate surface area is 122 Å². The highest BCUT2D eigenvalue weighted by atomic mass is 35.5. The summed E-state index contributed by atoms with van der Waals surface area (Å²) in [6, 6.07) is 0. The molecular weight excluding hydrogens is 282 g/mol. The van der Waals surface area contributed by atoms with Crippen LogP contribution in [-0.4, -0.2) is 49.0 Å². The molecule has 0 amide bonds. The molecule has 0 unspecified atom stereocenters. The number of hydrogen-bond acceptors (Lipinski definition) is 6. The van der Waals surface area contributed by atoms with Crippen molar-refractivity contribution in [2.75, 3.05) is 37.8 Å². The minimum atomic E-state index is 0.118. The van der Waals surface area contributed by atoms with Gasteiger partial charge in [0.15, 0.2) is 5.82 Å². The smallest absolute Gasteiger partial charge is 0.264 e. The fourth-order valence-corrected chi connectivity index (χ4v) is 2.79. The van der Waals surface area contributed by atoms with Crippen LogP contribution in [0, 0.1) is 5.92 Å². The molecule has 1 aromatic heterocycles. The van der Waals surface area contributed by atoms with Gasteiger partial charge in [0.05, 0.1) is 13.2 Å². The van der Waals surface area contributed by atoms with E-state index in [0.29, 0.717) is 37.4 Å². The van der Waals surface area contributed by atoms with Crippen LogP contribution < -0.4 is 14.4 Å². The molecule has 1 saturated carbocycles. The average Bonchev–Trinajstić information content (AvgIpc) is 3.31. The van der Waals surface area contributed by atoms with Gasteiger partial charge in [0, 0.05) is 13.1 Å². The molecule has 0 radical (unpaired) electrons. The zero-order chi connectivity index (χ0) is 13.5. The number of rotatable bonds is 2. The van der Waals surface area contributed by atoms with Crippen molar-refractivity contribution < 1.29 is 14.2 Å². The van der Waals surface area contributed by atoms with E-state index in [9.17, 15) is 0 Å². The van der Waals surface area contributed by atoms with E-state index in [1.807, 2.05) is 0 Å². The van der Waals surface area contributed by atoms with Crippen LogP contribution in [0.4, 0.5) is 5.82 Å². The predicted octanol–water partition coefficient (Wildman–Crippen LogP) is 1.52. The topological polar surface area (TPSA) is 56.7 Å². The van der Waals surface area contributed by atoms with E-state index in [0.717, 1.165) is 18.9 Å². The largest absolute Gasteiger partial charge is 0.478 e. The normalized spacial score (nSPS) is 25.6. The Hall–Kier alpha value is -1.27. The van der Waals surface area contributed by atoms with Crippen LogP contribution in [0.15, 0.2) is 0 Å². The molecule has 108 valence electrons. The van der Waals surface area contributed by atoms with Gasteiger partial charge in [0.1, 0.15) is 12.7 Å². The van der Waals surface area contributed by atoms with Gasteiger partial charge in [0.25, 0.3) is 5.88 Å². The third kappa shape index (κ3) is 2.27. The summed E-state index contributed by atoms with van der Waals surface area (Å²) in [5, 5.41) is 0.193. The standard InChI is InChI=1S/C13H16ClN3O3/c14-13-15-11(17-3-5-18-6-4-17)10-12(16-13)19-7-9(20-10)8-1-2-8/h8-9H,1-7H2/t9-/m1/s1. The lowest BCUT2D eigenvalue weighted by Crippen LogP contribution is -2.39. The molecule has 20 heavy (non-hydrogen) atoms. The number of halogens is 1. The highest BCUT2D eigenvalue weighted by Gasteiger charge is 2.38. The maximum atomic E-state index is 6.10. The van der Waals surface area contributed by atoms with Gasteiger partial charge < -0.3 is 19.1 Å². The Balaban J connectivity index is 1.68. The van der Waals surface area contributed by atoms with Gasteiger partial charge in [-0.25, -0.2) is 0 Å². The van der Waals surface area contributed by atoms with Gasteiger partial charge in [-0.3, -0.25) is 0 Å². The van der Waals surface area contributed by atoms with Crippen molar-refractivity contribution in [2.45, 2.75) is 18.9 Å². The van der Waals surface area contributed by atoms with Gasteiger partial charge in [-0.05, 0) is 30.4 Å². The first kappa shape index (κ1) is 12.5. The Morgan fingerprint density at radius 2 is 1.95 bits per heavy atom. The molecule has 1 atom stereocenters. The fourth-order valence-electron chi connectivity index (χ4n) is 2.63. The van der Waals surface area contributed by atoms with Crippen molar-refractivity contribution in [3.8, 4) is 11.6 Å². The maximum Gasteiger partial charge on any atom is 0.264 e. The summed E-state index contributed by atoms with van der Waals surface area (Å²) >= 11 is 6.00. The van der Waals surface area contributed by atoms with Crippen molar-refractivity contribution in [3.63, 3.8) is 0 Å². The Bertz CT molecular complexity index is 518. The number of morpholine rings is 1. The summed E-state index contributed by atoms with van der Waals surface area (Å²) in [4.78, 5) is 10.6. The first-order valence-electron chi connectivity index (χ1n) is 7.01. The SMILES string of the molecule is Clc1nc2c(c(N3CCOCC3)n1)O[C@@H](C1CC1)CO2. The average molecular weight is 298 g/mol. The molecule has 1 aromatic rings. The van der Waals surface area contributed by atoms with Crippen molar-refractivity contribution in [2.24, 2.45) is 5.92 Å². The van der Waals surface area contributed by atoms with E-state index in [1.54, 1.807) is 0 Å². The maximum absolute atomic E-state index is 6.10. The molecule has 0 bridgehead atoms. The van der Waals surface area contributed by atoms with Gasteiger partial charge in [-0.1, -0.05) is 0 Å². The lowest BCUT2D eigenvalue weighted by molar-refractivity contribution is 0.0701. The van der Waals surface area contributed by atoms with E-state index in [2.05, 4.69) is 14.9 Å². The number of ether oxygens (including phenoxy) is 3. The van der Waals surface area contributed by atoms with Crippen LogP contribution in [0.2, 0.25) is 5.28 Å². The second-order valence-corrected chi connectivity index (χ2v) is 5.69. The molecular formula is C13H16ClN3O3. The third-order valence-electron chi connectivity index (χ3n) is 3.90. The predicted molar refractivity (Wildman–Crippen MR) is 72.7 cm³/mol. The van der Waals surface area contributed by atoms with Crippen LogP contribution in [0.5, 0.6) is 11.6 Å². The summed E-state index contributed by atoms with van der Waals surface area (Å²) in [6.45, 7) is 3.47. The number of nitrogens with zero attached hydrogens (tertiary/aromatic N) is 3. The zero-order valence-electron chi connectivity index (χ0n) is 11.0. The molecule has 4 rings (SSSR count). The summed E-state index contributed by atoms with van der Waals surface area (Å²) < 4.78 is 17.2. The quantitative estimate of drug-likeness (QED) is 0.772. The number of hydrogen-bond donors (Lipinski definition) is 0. The van der Waals surface area contributed by atoms with Crippen molar-refractivity contribution in [1.29, 1.82) is 0 Å². The molecule has 0 N–H and O–H groups in total. The first-order valence-corrected chi connectivity index (χ1v) is 7.39. The van der Waals surface area contributed by atoms with Gasteiger partial charge in [-0.15, -0.1) is 0 Å². The van der Waals surface area contributed by atoms with E-state index in [-0.39, 0.29) is 11.4 Å². The summed E-state index contributed by atoms with van der Waals surface area (Å²) in [5.74, 6) is 2.44. The number of aromatic nitrogens is 2. The van der Waals surface area contributed by atoms with E-state index in [4.69, 9.17) is 25.8 Å². The summed E-state index contributed by atoms with van der Waals surface area (Å²) in [6.07, 6.45) is 2.54. The van der Waals surface area contributed by atoms with E-state index in [1.165, 1.54) is 12.8 Å². The summed E-state index contributed by atoms with van der Waals surface area (Å²) in [7, 11) is 0. The molecule has 2 aliphatic heterocycles. The van der Waals surface area contributed by atoms with Crippen LogP contribution >= 0.6 is 11.6 Å². The van der Waals surface area contributed by atoms with Gasteiger partial charge in [0.2, 0.25) is 11.0 Å². The first-order chi connectivity index (χ1) is 9.81. The van der Waals surface area contributed by atoms with Gasteiger partial charge in [-0.2, -0.15) is 9.97 Å². The third-order valence-corrected chi connectivity index (χ3v) is 4.07. The second-order valence-electron chi connectivity index (χ2n) is 5.35. The number of fused-ring (bicyclic) bond motifs is 1. The Morgan fingerprint density at radius 1 is 1.15 bits per heavy atom. The Kier molecular flexibility index (Phi) is 3.07. The second kappa shape index (κ2) is 4.93. The lowest BCUT2D eigenvalue weighted by atomic mass is 10.2. The number of anilines is 1. The fraction of sp³-hybridized carbons (Fsp3) is 0.692. The highest BCUT2D eigenvalue weighted by Crippen LogP contribution is 2.44. The van der Waals surface area contributed by atoms with Gasteiger partial charge >= 0.3 is 0 Å². The van der Waals surface area contributed by atoms with E-state index < -0.39 is 0 Å². The van der Waals surface area contributed by atoms with Crippen LogP contribution in [0.3, 0.4) is 0 Å². The van der Waals surface area contributed by atoms with Crippen LogP contribution in [0.1, 0.15) is 12.8 Å². The van der Waals surface area contributed by atoms with Crippen molar-refractivity contribution in [3.05, 3.63) is 5.28 Å². The van der Waals surface area contributed by atoms with Crippen LogP contribution in [-0.2, 0) is 4.74 Å². The molecule has 0 spiro atoms. The minimum Gasteiger partial charge on any atom is -0.478 e. The molecule has 6 nitrogen and oxygen atoms in total. The summed E-state index contributed by atoms with van der Waals surface area (Å²) in [5.41, 5.74) is 0. The zero-order valence-corrected chi connectivity index (χ0v) is 11.8. The lowest BCUT2D eigenvalue weighted by Gasteiger charge is -2.32. The molecule has 3 aliphatic rings. The van der Waals surface area contributed by atoms with E-state index >= 15 is 0 Å². The van der Waals surface area contributed by atoms with Crippen molar-refractivity contribution in [1.82, 2.24) is 9.97 Å². The van der Waals surface area contributed by atoms with Crippen molar-refractivity contribution >= 4 is 17.4 Å². The molecule has 3 heterocycles. The molecule has 1 aliphatic carbocycles. The molecule has 2 fully saturated rings. The molecule has 0 aromatic carbocycles. The Morgan fingerprint density at radius 3 is 2.70 bits per heavy atom. The molecule has 7 heteroatoms. The minimum absolute atomic E-state index is 0.118.